The number of rotatable bonds is 10. The molecule has 94 valence electrons. The van der Waals surface area contributed by atoms with Gasteiger partial charge in [-0.25, -0.2) is 0 Å². The largest absolute Gasteiger partial charge is 0.314 e. The Labute approximate surface area is 102 Å². The highest BCUT2D eigenvalue weighted by atomic mass is 14.9. The van der Waals surface area contributed by atoms with E-state index in [1.165, 1.54) is 56.1 Å². The summed E-state index contributed by atoms with van der Waals surface area (Å²) < 4.78 is 0. The van der Waals surface area contributed by atoms with Crippen LogP contribution in [-0.4, -0.2) is 13.1 Å². The van der Waals surface area contributed by atoms with Crippen molar-refractivity contribution in [2.24, 2.45) is 0 Å². The Morgan fingerprint density at radius 3 is 2.00 bits per heavy atom. The molecular formula is C15H29N. The van der Waals surface area contributed by atoms with Crippen LogP contribution in [0.3, 0.4) is 0 Å². The summed E-state index contributed by atoms with van der Waals surface area (Å²) in [6, 6.07) is 0.461. The number of allylic oxidation sites excluding steroid dienone is 1. The predicted molar refractivity (Wildman–Crippen MR) is 74.8 cm³/mol. The summed E-state index contributed by atoms with van der Waals surface area (Å²) in [5, 5.41) is 3.23. The van der Waals surface area contributed by atoms with Crippen LogP contribution in [0.4, 0.5) is 0 Å². The Morgan fingerprint density at radius 2 is 1.50 bits per heavy atom. The molecule has 0 fully saturated rings. The van der Waals surface area contributed by atoms with Crippen LogP contribution in [0.25, 0.3) is 0 Å². The van der Waals surface area contributed by atoms with Gasteiger partial charge in [0, 0.05) is 6.04 Å². The highest BCUT2D eigenvalue weighted by Gasteiger charge is 2.02. The second kappa shape index (κ2) is 9.65. The van der Waals surface area contributed by atoms with E-state index in [1.807, 2.05) is 7.05 Å². The van der Waals surface area contributed by atoms with Crippen LogP contribution >= 0.6 is 0 Å². The lowest BCUT2D eigenvalue weighted by Crippen LogP contribution is -2.22. The Kier molecular flexibility index (Phi) is 9.31. The van der Waals surface area contributed by atoms with Crippen LogP contribution in [0.2, 0.25) is 0 Å². The fourth-order valence-electron chi connectivity index (χ4n) is 1.73. The van der Waals surface area contributed by atoms with Gasteiger partial charge in [-0.05, 0) is 46.6 Å². The lowest BCUT2D eigenvalue weighted by molar-refractivity contribution is 0.588. The molecule has 1 N–H and O–H groups in total. The minimum absolute atomic E-state index is 0.461. The van der Waals surface area contributed by atoms with E-state index in [4.69, 9.17) is 0 Å². The molecule has 0 heterocycles. The average molecular weight is 223 g/mol. The van der Waals surface area contributed by atoms with E-state index in [9.17, 15) is 0 Å². The highest BCUT2D eigenvalue weighted by molar-refractivity contribution is 5.02. The molecule has 0 aliphatic heterocycles. The molecule has 0 spiro atoms. The van der Waals surface area contributed by atoms with Gasteiger partial charge in [0.15, 0.2) is 0 Å². The molecule has 0 unspecified atom stereocenters. The third-order valence-electron chi connectivity index (χ3n) is 3.15. The van der Waals surface area contributed by atoms with Gasteiger partial charge < -0.3 is 5.32 Å². The Bertz CT molecular complexity index is 205. The quantitative estimate of drug-likeness (QED) is 0.426. The first-order chi connectivity index (χ1) is 7.57. The second-order valence-electron chi connectivity index (χ2n) is 4.89. The molecule has 1 atom stereocenters. The van der Waals surface area contributed by atoms with Gasteiger partial charge in [0.05, 0.1) is 0 Å². The minimum atomic E-state index is 0.461. The molecule has 0 bridgehead atoms. The van der Waals surface area contributed by atoms with Crippen LogP contribution < -0.4 is 5.32 Å². The number of unbranched alkanes of at least 4 members (excludes halogenated alkanes) is 4. The molecular weight excluding hydrogens is 194 g/mol. The van der Waals surface area contributed by atoms with Gasteiger partial charge in [-0.2, -0.15) is 0 Å². The first-order valence-electron chi connectivity index (χ1n) is 6.57. The van der Waals surface area contributed by atoms with E-state index in [1.54, 1.807) is 0 Å². The third-order valence-corrected chi connectivity index (χ3v) is 3.15. The maximum absolute atomic E-state index is 4.11. The topological polar surface area (TPSA) is 12.0 Å². The zero-order chi connectivity index (χ0) is 12.4. The maximum Gasteiger partial charge on any atom is 0.0245 e. The molecule has 0 radical (unpaired) electrons. The highest BCUT2D eigenvalue weighted by Crippen LogP contribution is 2.13. The van der Waals surface area contributed by atoms with Crippen molar-refractivity contribution in [3.05, 3.63) is 24.3 Å². The molecule has 16 heavy (non-hydrogen) atoms. The predicted octanol–water partition coefficient (Wildman–Crippen LogP) is 4.46. The molecule has 0 rings (SSSR count). The van der Waals surface area contributed by atoms with Crippen molar-refractivity contribution in [3.8, 4) is 0 Å². The van der Waals surface area contributed by atoms with Crippen LogP contribution in [0.15, 0.2) is 24.3 Å². The smallest absolute Gasteiger partial charge is 0.0245 e. The normalized spacial score (nSPS) is 12.4. The SMILES string of the molecule is C=C(C)CCCCCCCC(=C)[C@H](C)NC. The van der Waals surface area contributed by atoms with Crippen LogP contribution in [0.1, 0.15) is 58.8 Å². The van der Waals surface area contributed by atoms with Gasteiger partial charge in [0.2, 0.25) is 0 Å². The zero-order valence-electron chi connectivity index (χ0n) is 11.4. The molecule has 0 amide bonds. The van der Waals surface area contributed by atoms with E-state index in [2.05, 4.69) is 32.3 Å². The Morgan fingerprint density at radius 1 is 1.00 bits per heavy atom. The number of nitrogens with one attached hydrogen (secondary N) is 1. The summed E-state index contributed by atoms with van der Waals surface area (Å²) in [6.07, 6.45) is 9.01. The molecule has 0 aromatic carbocycles. The molecule has 1 nitrogen and oxygen atoms in total. The van der Waals surface area contributed by atoms with Gasteiger partial charge in [0.1, 0.15) is 0 Å². The van der Waals surface area contributed by atoms with E-state index in [0.717, 1.165) is 0 Å². The fraction of sp³-hybridized carbons (Fsp3) is 0.733. The summed E-state index contributed by atoms with van der Waals surface area (Å²) >= 11 is 0. The third kappa shape index (κ3) is 8.72. The summed E-state index contributed by atoms with van der Waals surface area (Å²) in [6.45, 7) is 12.3. The maximum atomic E-state index is 4.11. The van der Waals surface area contributed by atoms with Gasteiger partial charge >= 0.3 is 0 Å². The number of hydrogen-bond acceptors (Lipinski definition) is 1. The van der Waals surface area contributed by atoms with Gasteiger partial charge in [-0.1, -0.05) is 37.0 Å². The van der Waals surface area contributed by atoms with E-state index in [-0.39, 0.29) is 0 Å². The molecule has 0 aromatic heterocycles. The summed E-state index contributed by atoms with van der Waals surface area (Å²) in [4.78, 5) is 0. The van der Waals surface area contributed by atoms with Crippen LogP contribution in [0, 0.1) is 0 Å². The van der Waals surface area contributed by atoms with Crippen molar-refractivity contribution in [3.63, 3.8) is 0 Å². The average Bonchev–Trinajstić information content (AvgIpc) is 2.25. The monoisotopic (exact) mass is 223 g/mol. The van der Waals surface area contributed by atoms with Crippen LogP contribution in [-0.2, 0) is 0 Å². The fourth-order valence-corrected chi connectivity index (χ4v) is 1.73. The van der Waals surface area contributed by atoms with Crippen molar-refractivity contribution in [1.29, 1.82) is 0 Å². The molecule has 0 aromatic rings. The first kappa shape index (κ1) is 15.4. The number of hydrogen-bond donors (Lipinski definition) is 1. The van der Waals surface area contributed by atoms with Gasteiger partial charge in [-0.15, -0.1) is 6.58 Å². The van der Waals surface area contributed by atoms with E-state index < -0.39 is 0 Å². The Balaban J connectivity index is 3.27. The van der Waals surface area contributed by atoms with Crippen molar-refractivity contribution in [2.75, 3.05) is 7.05 Å². The zero-order valence-corrected chi connectivity index (χ0v) is 11.4. The van der Waals surface area contributed by atoms with E-state index >= 15 is 0 Å². The molecule has 0 aliphatic rings. The summed E-state index contributed by atoms with van der Waals surface area (Å²) in [5.74, 6) is 0. The Hall–Kier alpha value is -0.560. The lowest BCUT2D eigenvalue weighted by atomic mass is 10.0. The van der Waals surface area contributed by atoms with Crippen molar-refractivity contribution in [1.82, 2.24) is 5.32 Å². The van der Waals surface area contributed by atoms with Crippen LogP contribution in [0.5, 0.6) is 0 Å². The molecule has 0 saturated heterocycles. The molecule has 0 aliphatic carbocycles. The summed E-state index contributed by atoms with van der Waals surface area (Å²) in [7, 11) is 1.99. The number of likely N-dealkylation sites (N-methyl/N-ethyl adjacent to an activating group) is 1. The van der Waals surface area contributed by atoms with Crippen molar-refractivity contribution >= 4 is 0 Å². The molecule has 1 heteroatoms. The minimum Gasteiger partial charge on any atom is -0.314 e. The van der Waals surface area contributed by atoms with Gasteiger partial charge in [-0.3, -0.25) is 0 Å². The molecule has 0 saturated carbocycles. The standard InChI is InChI=1S/C15H29N/c1-13(2)11-9-7-6-8-10-12-14(3)15(4)16-5/h15-16H,1,3,6-12H2,2,4-5H3/t15-/m0/s1. The lowest BCUT2D eigenvalue weighted by Gasteiger charge is -2.13. The van der Waals surface area contributed by atoms with Gasteiger partial charge in [0.25, 0.3) is 0 Å². The van der Waals surface area contributed by atoms with Crippen molar-refractivity contribution in [2.45, 2.75) is 64.8 Å². The first-order valence-corrected chi connectivity index (χ1v) is 6.57. The second-order valence-corrected chi connectivity index (χ2v) is 4.89. The van der Waals surface area contributed by atoms with E-state index in [0.29, 0.717) is 6.04 Å². The summed E-state index contributed by atoms with van der Waals surface area (Å²) in [5.41, 5.74) is 2.65. The van der Waals surface area contributed by atoms with Crippen molar-refractivity contribution < 1.29 is 0 Å².